The highest BCUT2D eigenvalue weighted by Gasteiger charge is 2.15. The van der Waals surface area contributed by atoms with Crippen LogP contribution in [0.5, 0.6) is 0 Å². The monoisotopic (exact) mass is 300 g/mol. The molecule has 4 N–H and O–H groups in total. The standard InChI is InChI=1S/C16H17ClN4/c1-9(2)21-15-7-11(17)3-4-14(15)20-16(21)10-5-12(18)8-13(19)6-10/h3-9H,18-19H2,1-2H3. The minimum absolute atomic E-state index is 0.242. The van der Waals surface area contributed by atoms with Crippen LogP contribution in [0.2, 0.25) is 5.02 Å². The van der Waals surface area contributed by atoms with Gasteiger partial charge in [0.15, 0.2) is 0 Å². The Labute approximate surface area is 128 Å². The van der Waals surface area contributed by atoms with Gasteiger partial charge in [0, 0.05) is 28.0 Å². The van der Waals surface area contributed by atoms with Crippen LogP contribution in [0.3, 0.4) is 0 Å². The molecule has 0 atom stereocenters. The molecule has 0 amide bonds. The molecule has 3 rings (SSSR count). The smallest absolute Gasteiger partial charge is 0.141 e. The van der Waals surface area contributed by atoms with Crippen molar-refractivity contribution in [3.8, 4) is 11.4 Å². The number of imidazole rings is 1. The average molecular weight is 301 g/mol. The molecule has 1 aromatic heterocycles. The van der Waals surface area contributed by atoms with Crippen LogP contribution >= 0.6 is 11.6 Å². The minimum Gasteiger partial charge on any atom is -0.399 e. The Morgan fingerprint density at radius 2 is 1.71 bits per heavy atom. The predicted molar refractivity (Wildman–Crippen MR) is 89.4 cm³/mol. The topological polar surface area (TPSA) is 69.9 Å². The summed E-state index contributed by atoms with van der Waals surface area (Å²) in [6.07, 6.45) is 0. The Kier molecular flexibility index (Phi) is 3.26. The van der Waals surface area contributed by atoms with Gasteiger partial charge in [-0.3, -0.25) is 0 Å². The minimum atomic E-state index is 0.242. The van der Waals surface area contributed by atoms with Crippen molar-refractivity contribution in [2.45, 2.75) is 19.9 Å². The highest BCUT2D eigenvalue weighted by molar-refractivity contribution is 6.31. The zero-order valence-corrected chi connectivity index (χ0v) is 12.7. The molecule has 4 nitrogen and oxygen atoms in total. The van der Waals surface area contributed by atoms with E-state index in [4.69, 9.17) is 28.1 Å². The maximum atomic E-state index is 6.12. The third-order valence-corrected chi connectivity index (χ3v) is 3.64. The number of aromatic nitrogens is 2. The molecule has 0 radical (unpaired) electrons. The van der Waals surface area contributed by atoms with Gasteiger partial charge in [-0.1, -0.05) is 11.6 Å². The molecule has 3 aromatic rings. The van der Waals surface area contributed by atoms with Crippen molar-refractivity contribution in [2.24, 2.45) is 0 Å². The zero-order valence-electron chi connectivity index (χ0n) is 12.0. The molecule has 21 heavy (non-hydrogen) atoms. The van der Waals surface area contributed by atoms with E-state index in [1.807, 2.05) is 30.3 Å². The number of rotatable bonds is 2. The van der Waals surface area contributed by atoms with Crippen molar-refractivity contribution < 1.29 is 0 Å². The molecule has 0 aliphatic carbocycles. The van der Waals surface area contributed by atoms with Crippen LogP contribution in [0, 0.1) is 0 Å². The number of benzene rings is 2. The third kappa shape index (κ3) is 2.43. The summed E-state index contributed by atoms with van der Waals surface area (Å²) < 4.78 is 2.15. The van der Waals surface area contributed by atoms with Crippen molar-refractivity contribution >= 4 is 34.0 Å². The zero-order chi connectivity index (χ0) is 15.1. The van der Waals surface area contributed by atoms with Gasteiger partial charge in [-0.15, -0.1) is 0 Å². The van der Waals surface area contributed by atoms with Crippen molar-refractivity contribution in [2.75, 3.05) is 11.5 Å². The van der Waals surface area contributed by atoms with Crippen molar-refractivity contribution in [3.05, 3.63) is 41.4 Å². The number of fused-ring (bicyclic) bond motifs is 1. The molecule has 0 saturated heterocycles. The Morgan fingerprint density at radius 3 is 2.33 bits per heavy atom. The predicted octanol–water partition coefficient (Wildman–Crippen LogP) is 4.10. The van der Waals surface area contributed by atoms with E-state index >= 15 is 0 Å². The fourth-order valence-corrected chi connectivity index (χ4v) is 2.76. The molecule has 0 aliphatic rings. The number of hydrogen-bond acceptors (Lipinski definition) is 3. The number of nitrogens with two attached hydrogens (primary N) is 2. The average Bonchev–Trinajstić information content (AvgIpc) is 2.76. The van der Waals surface area contributed by atoms with Gasteiger partial charge < -0.3 is 16.0 Å². The second-order valence-corrected chi connectivity index (χ2v) is 5.86. The molecular weight excluding hydrogens is 284 g/mol. The van der Waals surface area contributed by atoms with Crippen LogP contribution < -0.4 is 11.5 Å². The lowest BCUT2D eigenvalue weighted by Crippen LogP contribution is -2.03. The fourth-order valence-electron chi connectivity index (χ4n) is 2.60. The van der Waals surface area contributed by atoms with E-state index in [0.29, 0.717) is 16.4 Å². The highest BCUT2D eigenvalue weighted by atomic mass is 35.5. The van der Waals surface area contributed by atoms with Crippen molar-refractivity contribution in [1.82, 2.24) is 9.55 Å². The Hall–Kier alpha value is -2.20. The SMILES string of the molecule is CC(C)n1c(-c2cc(N)cc(N)c2)nc2ccc(Cl)cc21. The van der Waals surface area contributed by atoms with E-state index in [2.05, 4.69) is 18.4 Å². The molecule has 1 heterocycles. The van der Waals surface area contributed by atoms with Gasteiger partial charge in [-0.05, 0) is 50.2 Å². The van der Waals surface area contributed by atoms with E-state index in [9.17, 15) is 0 Å². The van der Waals surface area contributed by atoms with Crippen LogP contribution in [0.4, 0.5) is 11.4 Å². The van der Waals surface area contributed by atoms with Crippen molar-refractivity contribution in [3.63, 3.8) is 0 Å². The first-order chi connectivity index (χ1) is 9.95. The maximum Gasteiger partial charge on any atom is 0.141 e. The van der Waals surface area contributed by atoms with Gasteiger partial charge >= 0.3 is 0 Å². The molecule has 108 valence electrons. The second kappa shape index (κ2) is 4.97. The van der Waals surface area contributed by atoms with E-state index in [-0.39, 0.29) is 6.04 Å². The molecule has 0 unspecified atom stereocenters. The third-order valence-electron chi connectivity index (χ3n) is 3.40. The van der Waals surface area contributed by atoms with Crippen LogP contribution in [0.1, 0.15) is 19.9 Å². The fraction of sp³-hybridized carbons (Fsp3) is 0.188. The van der Waals surface area contributed by atoms with E-state index in [1.54, 1.807) is 6.07 Å². The highest BCUT2D eigenvalue weighted by Crippen LogP contribution is 2.31. The summed E-state index contributed by atoms with van der Waals surface area (Å²) in [5.74, 6) is 0.848. The largest absolute Gasteiger partial charge is 0.399 e. The first kappa shape index (κ1) is 13.8. The molecule has 0 aliphatic heterocycles. The molecule has 0 saturated carbocycles. The first-order valence-corrected chi connectivity index (χ1v) is 7.17. The lowest BCUT2D eigenvalue weighted by atomic mass is 10.1. The summed E-state index contributed by atoms with van der Waals surface area (Å²) >= 11 is 6.12. The summed E-state index contributed by atoms with van der Waals surface area (Å²) in [5.41, 5.74) is 15.9. The van der Waals surface area contributed by atoms with E-state index in [0.717, 1.165) is 22.4 Å². The molecular formula is C16H17ClN4. The van der Waals surface area contributed by atoms with E-state index < -0.39 is 0 Å². The Morgan fingerprint density at radius 1 is 1.05 bits per heavy atom. The summed E-state index contributed by atoms with van der Waals surface area (Å²) in [6.45, 7) is 4.22. The van der Waals surface area contributed by atoms with Crippen LogP contribution in [0.25, 0.3) is 22.4 Å². The maximum absolute atomic E-state index is 6.12. The normalized spacial score (nSPS) is 11.4. The van der Waals surface area contributed by atoms with Gasteiger partial charge in [0.2, 0.25) is 0 Å². The lowest BCUT2D eigenvalue weighted by molar-refractivity contribution is 0.624. The van der Waals surface area contributed by atoms with Gasteiger partial charge in [-0.25, -0.2) is 4.98 Å². The number of hydrogen-bond donors (Lipinski definition) is 2. The van der Waals surface area contributed by atoms with Gasteiger partial charge in [-0.2, -0.15) is 0 Å². The van der Waals surface area contributed by atoms with Crippen LogP contribution in [0.15, 0.2) is 36.4 Å². The van der Waals surface area contributed by atoms with Crippen LogP contribution in [-0.4, -0.2) is 9.55 Å². The molecule has 0 bridgehead atoms. The summed E-state index contributed by atoms with van der Waals surface area (Å²) in [5, 5.41) is 0.697. The Bertz CT molecular complexity index is 800. The molecule has 0 fully saturated rings. The van der Waals surface area contributed by atoms with Gasteiger partial charge in [0.25, 0.3) is 0 Å². The summed E-state index contributed by atoms with van der Waals surface area (Å²) in [7, 11) is 0. The molecule has 5 heteroatoms. The summed E-state index contributed by atoms with van der Waals surface area (Å²) in [6, 6.07) is 11.5. The van der Waals surface area contributed by atoms with E-state index in [1.165, 1.54) is 0 Å². The number of anilines is 2. The number of nitrogens with zero attached hydrogens (tertiary/aromatic N) is 2. The number of nitrogen functional groups attached to an aromatic ring is 2. The summed E-state index contributed by atoms with van der Waals surface area (Å²) in [4.78, 5) is 4.72. The van der Waals surface area contributed by atoms with Crippen molar-refractivity contribution in [1.29, 1.82) is 0 Å². The molecule has 0 spiro atoms. The molecule has 2 aromatic carbocycles. The van der Waals surface area contributed by atoms with Crippen LogP contribution in [-0.2, 0) is 0 Å². The lowest BCUT2D eigenvalue weighted by Gasteiger charge is -2.14. The Balaban J connectivity index is 2.33. The first-order valence-electron chi connectivity index (χ1n) is 6.79. The quantitative estimate of drug-likeness (QED) is 0.700. The second-order valence-electron chi connectivity index (χ2n) is 5.42. The van der Waals surface area contributed by atoms with Gasteiger partial charge in [0.05, 0.1) is 11.0 Å². The number of halogens is 1. The van der Waals surface area contributed by atoms with Gasteiger partial charge in [0.1, 0.15) is 5.82 Å².